The average molecular weight is 318 g/mol. The second-order valence-electron chi connectivity index (χ2n) is 4.08. The largest absolute Gasteiger partial charge is 0.416 e. The van der Waals surface area contributed by atoms with Crippen molar-refractivity contribution in [3.05, 3.63) is 57.6 Å². The highest BCUT2D eigenvalue weighted by Gasteiger charge is 2.36. The van der Waals surface area contributed by atoms with E-state index >= 15 is 0 Å². The predicted octanol–water partition coefficient (Wildman–Crippen LogP) is 3.92. The van der Waals surface area contributed by atoms with Crippen molar-refractivity contribution in [3.8, 4) is 0 Å². The number of nitrogens with two attached hydrogens (primary N) is 1. The lowest BCUT2D eigenvalue weighted by molar-refractivity contribution is -0.0881. The molecule has 18 heavy (non-hydrogen) atoms. The molecule has 2 N–H and O–H groups in total. The smallest absolute Gasteiger partial charge is 0.327 e. The third-order valence-corrected chi connectivity index (χ3v) is 3.35. The Kier molecular flexibility index (Phi) is 3.64. The Morgan fingerprint density at radius 2 is 2.00 bits per heavy atom. The minimum Gasteiger partial charge on any atom is -0.327 e. The molecule has 0 saturated heterocycles. The van der Waals surface area contributed by atoms with Crippen LogP contribution in [-0.4, -0.2) is 12.7 Å². The van der Waals surface area contributed by atoms with E-state index in [2.05, 4.69) is 15.9 Å². The van der Waals surface area contributed by atoms with Crippen molar-refractivity contribution < 1.29 is 13.2 Å². The number of rotatable bonds is 2. The molecule has 1 aromatic rings. The first-order chi connectivity index (χ1) is 8.41. The van der Waals surface area contributed by atoms with Gasteiger partial charge in [-0.25, -0.2) is 0 Å². The van der Waals surface area contributed by atoms with Gasteiger partial charge in [0.1, 0.15) is 0 Å². The zero-order valence-electron chi connectivity index (χ0n) is 9.34. The second kappa shape index (κ2) is 4.90. The Morgan fingerprint density at radius 1 is 1.28 bits per heavy atom. The zero-order valence-corrected chi connectivity index (χ0v) is 10.9. The van der Waals surface area contributed by atoms with E-state index in [1.807, 2.05) is 12.1 Å². The van der Waals surface area contributed by atoms with Crippen molar-refractivity contribution in [2.24, 2.45) is 5.73 Å². The highest BCUT2D eigenvalue weighted by atomic mass is 79.9. The van der Waals surface area contributed by atoms with Crippen LogP contribution in [0, 0.1) is 0 Å². The quantitative estimate of drug-likeness (QED) is 0.879. The number of hydrogen-bond donors (Lipinski definition) is 1. The minimum absolute atomic E-state index is 0.118. The van der Waals surface area contributed by atoms with Crippen molar-refractivity contribution in [2.75, 3.05) is 6.54 Å². The van der Waals surface area contributed by atoms with Crippen molar-refractivity contribution in [2.45, 2.75) is 12.1 Å². The molecule has 0 fully saturated rings. The summed E-state index contributed by atoms with van der Waals surface area (Å²) < 4.78 is 38.9. The Balaban J connectivity index is 2.40. The van der Waals surface area contributed by atoms with Crippen LogP contribution in [0.3, 0.4) is 0 Å². The van der Waals surface area contributed by atoms with Crippen LogP contribution in [0.4, 0.5) is 13.2 Å². The van der Waals surface area contributed by atoms with Gasteiger partial charge in [-0.3, -0.25) is 0 Å². The molecule has 1 aliphatic rings. The van der Waals surface area contributed by atoms with E-state index in [-0.39, 0.29) is 12.5 Å². The summed E-state index contributed by atoms with van der Waals surface area (Å²) in [6.07, 6.45) is -1.95. The molecular formula is C13H11BrF3N. The minimum atomic E-state index is -4.32. The van der Waals surface area contributed by atoms with Crippen LogP contribution in [0.15, 0.2) is 52.0 Å². The van der Waals surface area contributed by atoms with Crippen LogP contribution >= 0.6 is 15.9 Å². The second-order valence-corrected chi connectivity index (χ2v) is 4.99. The third-order valence-electron chi connectivity index (χ3n) is 2.86. The Labute approximate surface area is 111 Å². The van der Waals surface area contributed by atoms with Gasteiger partial charge in [-0.1, -0.05) is 34.1 Å². The summed E-state index contributed by atoms with van der Waals surface area (Å²) in [7, 11) is 0. The van der Waals surface area contributed by atoms with Crippen molar-refractivity contribution in [1.82, 2.24) is 0 Å². The molecule has 5 heteroatoms. The van der Waals surface area contributed by atoms with Crippen LogP contribution in [0.2, 0.25) is 0 Å². The van der Waals surface area contributed by atoms with E-state index in [9.17, 15) is 13.2 Å². The molecular weight excluding hydrogens is 307 g/mol. The fourth-order valence-electron chi connectivity index (χ4n) is 2.00. The van der Waals surface area contributed by atoms with Gasteiger partial charge in [0.05, 0.1) is 5.57 Å². The molecule has 0 radical (unpaired) electrons. The monoisotopic (exact) mass is 317 g/mol. The SMILES string of the molecule is NCC1=CC(C(F)(F)F)=CC1c1cccc(Br)c1. The number of hydrogen-bond acceptors (Lipinski definition) is 1. The summed E-state index contributed by atoms with van der Waals surface area (Å²) in [5.41, 5.74) is 6.30. The van der Waals surface area contributed by atoms with Gasteiger partial charge in [-0.2, -0.15) is 13.2 Å². The summed E-state index contributed by atoms with van der Waals surface area (Å²) in [5, 5.41) is 0. The maximum atomic E-state index is 12.7. The maximum absolute atomic E-state index is 12.7. The van der Waals surface area contributed by atoms with Gasteiger partial charge in [0.2, 0.25) is 0 Å². The molecule has 0 amide bonds. The molecule has 0 aliphatic heterocycles. The van der Waals surface area contributed by atoms with E-state index in [1.165, 1.54) is 6.08 Å². The number of allylic oxidation sites excluding steroid dienone is 3. The summed E-state index contributed by atoms with van der Waals surface area (Å²) in [6.45, 7) is 0.118. The topological polar surface area (TPSA) is 26.0 Å². The molecule has 1 atom stereocenters. The molecule has 0 spiro atoms. The zero-order chi connectivity index (χ0) is 13.3. The van der Waals surface area contributed by atoms with Crippen molar-refractivity contribution >= 4 is 15.9 Å². The van der Waals surface area contributed by atoms with Gasteiger partial charge < -0.3 is 5.73 Å². The van der Waals surface area contributed by atoms with Crippen molar-refractivity contribution in [1.29, 1.82) is 0 Å². The molecule has 1 aromatic carbocycles. The van der Waals surface area contributed by atoms with E-state index in [1.54, 1.807) is 12.1 Å². The van der Waals surface area contributed by atoms with Crippen LogP contribution < -0.4 is 5.73 Å². The van der Waals surface area contributed by atoms with Gasteiger partial charge in [0.25, 0.3) is 0 Å². The average Bonchev–Trinajstić information content (AvgIpc) is 2.72. The van der Waals surface area contributed by atoms with Gasteiger partial charge in [-0.15, -0.1) is 0 Å². The molecule has 2 rings (SSSR count). The van der Waals surface area contributed by atoms with Crippen LogP contribution in [0.1, 0.15) is 11.5 Å². The predicted molar refractivity (Wildman–Crippen MR) is 68.2 cm³/mol. The highest BCUT2D eigenvalue weighted by molar-refractivity contribution is 9.10. The lowest BCUT2D eigenvalue weighted by Gasteiger charge is -2.12. The summed E-state index contributed by atoms with van der Waals surface area (Å²) >= 11 is 3.31. The van der Waals surface area contributed by atoms with Gasteiger partial charge in [0.15, 0.2) is 0 Å². The molecule has 1 aliphatic carbocycles. The van der Waals surface area contributed by atoms with E-state index < -0.39 is 11.7 Å². The van der Waals surface area contributed by atoms with Crippen LogP contribution in [-0.2, 0) is 0 Å². The fraction of sp³-hybridized carbons (Fsp3) is 0.231. The van der Waals surface area contributed by atoms with Crippen molar-refractivity contribution in [3.63, 3.8) is 0 Å². The summed E-state index contributed by atoms with van der Waals surface area (Å²) in [4.78, 5) is 0. The van der Waals surface area contributed by atoms with E-state index in [0.717, 1.165) is 16.1 Å². The lowest BCUT2D eigenvalue weighted by atomic mass is 9.94. The van der Waals surface area contributed by atoms with E-state index in [0.29, 0.717) is 5.57 Å². The molecule has 0 bridgehead atoms. The first kappa shape index (κ1) is 13.4. The maximum Gasteiger partial charge on any atom is 0.416 e. The molecule has 0 saturated carbocycles. The standard InChI is InChI=1S/C13H11BrF3N/c14-11-3-1-2-8(5-11)12-6-10(13(15,16)17)4-9(12)7-18/h1-6,12H,7,18H2. The third kappa shape index (κ3) is 2.67. The van der Waals surface area contributed by atoms with Crippen LogP contribution in [0.5, 0.6) is 0 Å². The number of alkyl halides is 3. The molecule has 1 nitrogen and oxygen atoms in total. The normalized spacial score (nSPS) is 19.7. The fourth-order valence-corrected chi connectivity index (χ4v) is 2.41. The Hall–Kier alpha value is -1.07. The van der Waals surface area contributed by atoms with Gasteiger partial charge in [0, 0.05) is 16.9 Å². The lowest BCUT2D eigenvalue weighted by Crippen LogP contribution is -2.08. The van der Waals surface area contributed by atoms with E-state index in [4.69, 9.17) is 5.73 Å². The number of halogens is 4. The Bertz CT molecular complexity index is 517. The van der Waals surface area contributed by atoms with Gasteiger partial charge in [-0.05, 0) is 29.3 Å². The molecule has 0 aromatic heterocycles. The first-order valence-corrected chi connectivity index (χ1v) is 6.16. The van der Waals surface area contributed by atoms with Gasteiger partial charge >= 0.3 is 6.18 Å². The van der Waals surface area contributed by atoms with Crippen LogP contribution in [0.25, 0.3) is 0 Å². The highest BCUT2D eigenvalue weighted by Crippen LogP contribution is 2.39. The Morgan fingerprint density at radius 3 is 2.56 bits per heavy atom. The summed E-state index contributed by atoms with van der Waals surface area (Å²) in [6, 6.07) is 7.24. The molecule has 0 heterocycles. The first-order valence-electron chi connectivity index (χ1n) is 5.37. The summed E-state index contributed by atoms with van der Waals surface area (Å²) in [5.74, 6) is -0.385. The molecule has 96 valence electrons. The number of benzene rings is 1. The molecule has 1 unspecified atom stereocenters.